The molecule has 0 spiro atoms. The summed E-state index contributed by atoms with van der Waals surface area (Å²) in [4.78, 5) is 37.3. The fourth-order valence-corrected chi connectivity index (χ4v) is 4.96. The lowest BCUT2D eigenvalue weighted by molar-refractivity contribution is -0.141. The largest absolute Gasteiger partial charge is 0.481 e. The molecule has 2 amide bonds. The molecule has 2 saturated carbocycles. The fraction of sp³-hybridized carbons (Fsp3) is 0.706. The van der Waals surface area contributed by atoms with Crippen LogP contribution in [0.15, 0.2) is 12.2 Å². The monoisotopic (exact) mass is 303 g/mol. The van der Waals surface area contributed by atoms with Crippen LogP contribution in [0.25, 0.3) is 0 Å². The molecule has 1 heterocycles. The number of allylic oxidation sites excluding steroid dienone is 2. The summed E-state index contributed by atoms with van der Waals surface area (Å²) in [5.74, 6) is 0.904. The molecule has 2 bridgehead atoms. The van der Waals surface area contributed by atoms with Crippen LogP contribution in [0.4, 0.5) is 0 Å². The quantitative estimate of drug-likeness (QED) is 0.460. The molecule has 0 aromatic heterocycles. The minimum absolute atomic E-state index is 0.0259. The second kappa shape index (κ2) is 4.93. The fourth-order valence-electron chi connectivity index (χ4n) is 4.96. The van der Waals surface area contributed by atoms with Crippen LogP contribution >= 0.6 is 0 Å². The van der Waals surface area contributed by atoms with Gasteiger partial charge in [0.05, 0.1) is 11.8 Å². The van der Waals surface area contributed by atoms with Crippen molar-refractivity contribution in [3.63, 3.8) is 0 Å². The zero-order valence-corrected chi connectivity index (χ0v) is 12.5. The molecule has 1 aliphatic heterocycles. The molecule has 6 atom stereocenters. The molecule has 5 aliphatic rings. The third kappa shape index (κ3) is 1.94. The van der Waals surface area contributed by atoms with E-state index in [9.17, 15) is 14.4 Å². The SMILES string of the molecule is O=C(O)CCCCCN1C(=O)[C@@H]2[C@@H]3C=C[C@H]([C@H]4C[C@H]34)[C@H]2C1=O. The zero-order valence-electron chi connectivity index (χ0n) is 12.5. The Bertz CT molecular complexity index is 533. The topological polar surface area (TPSA) is 74.7 Å². The Hall–Kier alpha value is -1.65. The summed E-state index contributed by atoms with van der Waals surface area (Å²) >= 11 is 0. The van der Waals surface area contributed by atoms with Crippen molar-refractivity contribution in [3.8, 4) is 0 Å². The number of hydrogen-bond acceptors (Lipinski definition) is 3. The van der Waals surface area contributed by atoms with Crippen molar-refractivity contribution in [2.75, 3.05) is 6.54 Å². The predicted molar refractivity (Wildman–Crippen MR) is 77.5 cm³/mol. The molecule has 0 aromatic rings. The Morgan fingerprint density at radius 2 is 1.64 bits per heavy atom. The molecule has 5 rings (SSSR count). The number of amides is 2. The van der Waals surface area contributed by atoms with Gasteiger partial charge in [0, 0.05) is 13.0 Å². The molecule has 0 unspecified atom stereocenters. The van der Waals surface area contributed by atoms with E-state index in [2.05, 4.69) is 12.2 Å². The lowest BCUT2D eigenvalue weighted by Crippen LogP contribution is -2.40. The third-order valence-corrected chi connectivity index (χ3v) is 6.03. The van der Waals surface area contributed by atoms with Gasteiger partial charge in [-0.05, 0) is 42.9 Å². The summed E-state index contributed by atoms with van der Waals surface area (Å²) < 4.78 is 0. The number of aliphatic carboxylic acids is 1. The van der Waals surface area contributed by atoms with Gasteiger partial charge in [-0.1, -0.05) is 18.6 Å². The van der Waals surface area contributed by atoms with Gasteiger partial charge in [0.1, 0.15) is 0 Å². The lowest BCUT2D eigenvalue weighted by Gasteiger charge is -2.37. The first kappa shape index (κ1) is 14.0. The summed E-state index contributed by atoms with van der Waals surface area (Å²) in [5.41, 5.74) is 0. The van der Waals surface area contributed by atoms with E-state index in [1.807, 2.05) is 0 Å². The van der Waals surface area contributed by atoms with Crippen molar-refractivity contribution in [1.29, 1.82) is 0 Å². The van der Waals surface area contributed by atoms with Crippen molar-refractivity contribution < 1.29 is 19.5 Å². The van der Waals surface area contributed by atoms with Gasteiger partial charge in [-0.25, -0.2) is 0 Å². The Morgan fingerprint density at radius 3 is 2.18 bits per heavy atom. The van der Waals surface area contributed by atoms with Gasteiger partial charge in [-0.3, -0.25) is 19.3 Å². The van der Waals surface area contributed by atoms with E-state index >= 15 is 0 Å². The summed E-state index contributed by atoms with van der Waals surface area (Å²) in [6, 6.07) is 0. The number of likely N-dealkylation sites (tertiary alicyclic amines) is 1. The number of unbranched alkanes of at least 4 members (excludes halogenated alkanes) is 2. The molecule has 118 valence electrons. The van der Waals surface area contributed by atoms with E-state index in [1.54, 1.807) is 0 Å². The van der Waals surface area contributed by atoms with Crippen molar-refractivity contribution in [2.45, 2.75) is 32.1 Å². The van der Waals surface area contributed by atoms with Gasteiger partial charge in [-0.15, -0.1) is 0 Å². The predicted octanol–water partition coefficient (Wildman–Crippen LogP) is 1.68. The van der Waals surface area contributed by atoms with Crippen LogP contribution in [-0.2, 0) is 14.4 Å². The Kier molecular flexibility index (Phi) is 3.13. The Morgan fingerprint density at radius 1 is 1.05 bits per heavy atom. The van der Waals surface area contributed by atoms with Gasteiger partial charge in [0.25, 0.3) is 0 Å². The number of imide groups is 1. The summed E-state index contributed by atoms with van der Waals surface area (Å²) in [6.45, 7) is 0.457. The summed E-state index contributed by atoms with van der Waals surface area (Å²) in [6.07, 6.45) is 7.77. The number of carboxylic acids is 1. The minimum Gasteiger partial charge on any atom is -0.481 e. The van der Waals surface area contributed by atoms with Crippen LogP contribution in [0.2, 0.25) is 0 Å². The lowest BCUT2D eigenvalue weighted by atomic mass is 9.63. The smallest absolute Gasteiger partial charge is 0.303 e. The van der Waals surface area contributed by atoms with Crippen molar-refractivity contribution in [2.24, 2.45) is 35.5 Å². The Labute approximate surface area is 129 Å². The average Bonchev–Trinajstić information content (AvgIpc) is 3.26. The van der Waals surface area contributed by atoms with E-state index in [-0.39, 0.29) is 41.9 Å². The van der Waals surface area contributed by atoms with Crippen molar-refractivity contribution in [3.05, 3.63) is 12.2 Å². The number of nitrogens with zero attached hydrogens (tertiary/aromatic N) is 1. The van der Waals surface area contributed by atoms with E-state index in [4.69, 9.17) is 5.11 Å². The van der Waals surface area contributed by atoms with Gasteiger partial charge in [0.2, 0.25) is 11.8 Å². The standard InChI is InChI=1S/C17H21NO4/c19-13(20)4-2-1-3-7-18-16(21)14-9-5-6-10(12-8-11(9)12)15(14)17(18)22/h5-6,9-12,14-15H,1-4,7-8H2,(H,19,20)/t9-,10-,11-,12-,14-,15-/m1/s1. The molecule has 5 heteroatoms. The van der Waals surface area contributed by atoms with Crippen molar-refractivity contribution in [1.82, 2.24) is 4.90 Å². The highest BCUT2D eigenvalue weighted by Gasteiger charge is 2.66. The molecule has 22 heavy (non-hydrogen) atoms. The second-order valence-electron chi connectivity index (χ2n) is 7.19. The van der Waals surface area contributed by atoms with Crippen LogP contribution in [0.5, 0.6) is 0 Å². The number of rotatable bonds is 6. The first-order chi connectivity index (χ1) is 10.6. The molecule has 1 saturated heterocycles. The Balaban J connectivity index is 1.39. The number of hydrogen-bond donors (Lipinski definition) is 1. The van der Waals surface area contributed by atoms with Gasteiger partial charge >= 0.3 is 5.97 Å². The summed E-state index contributed by atoms with van der Waals surface area (Å²) in [7, 11) is 0. The van der Waals surface area contributed by atoms with E-state index in [0.717, 1.165) is 6.42 Å². The van der Waals surface area contributed by atoms with E-state index in [0.29, 0.717) is 31.2 Å². The molecule has 5 nitrogen and oxygen atoms in total. The van der Waals surface area contributed by atoms with Crippen LogP contribution in [0, 0.1) is 35.5 Å². The number of carboxylic acid groups (broad SMARTS) is 1. The molecule has 3 fully saturated rings. The first-order valence-electron chi connectivity index (χ1n) is 8.35. The van der Waals surface area contributed by atoms with Crippen LogP contribution in [0.1, 0.15) is 32.1 Å². The van der Waals surface area contributed by atoms with E-state index in [1.165, 1.54) is 11.3 Å². The molecule has 4 aliphatic carbocycles. The maximum atomic E-state index is 12.7. The molecule has 0 aromatic carbocycles. The maximum Gasteiger partial charge on any atom is 0.303 e. The van der Waals surface area contributed by atoms with Crippen LogP contribution < -0.4 is 0 Å². The zero-order chi connectivity index (χ0) is 15.4. The summed E-state index contributed by atoms with van der Waals surface area (Å²) in [5, 5.41) is 8.62. The third-order valence-electron chi connectivity index (χ3n) is 6.03. The molecule has 0 radical (unpaired) electrons. The molecular weight excluding hydrogens is 282 g/mol. The normalized spacial score (nSPS) is 40.8. The number of carbonyl (C=O) groups is 3. The highest BCUT2D eigenvalue weighted by molar-refractivity contribution is 6.06. The van der Waals surface area contributed by atoms with Gasteiger partial charge < -0.3 is 5.11 Å². The number of carbonyl (C=O) groups excluding carboxylic acids is 2. The first-order valence-corrected chi connectivity index (χ1v) is 8.35. The second-order valence-corrected chi connectivity index (χ2v) is 7.19. The average molecular weight is 303 g/mol. The maximum absolute atomic E-state index is 12.7. The molecule has 1 N–H and O–H groups in total. The highest BCUT2D eigenvalue weighted by Crippen LogP contribution is 2.65. The van der Waals surface area contributed by atoms with Gasteiger partial charge in [0.15, 0.2) is 0 Å². The minimum atomic E-state index is -0.791. The van der Waals surface area contributed by atoms with Crippen LogP contribution in [-0.4, -0.2) is 34.3 Å². The highest BCUT2D eigenvalue weighted by atomic mass is 16.4. The molecular formula is C17H21NO4. The van der Waals surface area contributed by atoms with Crippen LogP contribution in [0.3, 0.4) is 0 Å². The van der Waals surface area contributed by atoms with Crippen molar-refractivity contribution >= 4 is 17.8 Å². The van der Waals surface area contributed by atoms with E-state index < -0.39 is 5.97 Å². The van der Waals surface area contributed by atoms with Gasteiger partial charge in [-0.2, -0.15) is 0 Å².